The second-order valence-corrected chi connectivity index (χ2v) is 10.8. The number of carbonyl (C=O) groups is 1. The van der Waals surface area contributed by atoms with E-state index in [-0.39, 0.29) is 17.4 Å². The second kappa shape index (κ2) is 11.8. The van der Waals surface area contributed by atoms with Crippen molar-refractivity contribution in [3.63, 3.8) is 0 Å². The summed E-state index contributed by atoms with van der Waals surface area (Å²) >= 11 is 6.54. The summed E-state index contributed by atoms with van der Waals surface area (Å²) < 4.78 is 5.32. The molecule has 0 amide bonds. The number of methoxy groups -OCH3 is 1. The number of halogens is 1. The molecule has 1 aliphatic heterocycles. The van der Waals surface area contributed by atoms with Gasteiger partial charge in [0.1, 0.15) is 17.3 Å². The summed E-state index contributed by atoms with van der Waals surface area (Å²) in [7, 11) is 1.59. The van der Waals surface area contributed by atoms with Gasteiger partial charge in [-0.15, -0.1) is 0 Å². The first-order valence-electron chi connectivity index (χ1n) is 14.1. The van der Waals surface area contributed by atoms with Gasteiger partial charge in [0.25, 0.3) is 0 Å². The summed E-state index contributed by atoms with van der Waals surface area (Å²) in [6.45, 7) is 7.93. The molecule has 0 radical (unpaired) electrons. The zero-order valence-electron chi connectivity index (χ0n) is 24.0. The Bertz CT molecular complexity index is 1540. The van der Waals surface area contributed by atoms with Gasteiger partial charge < -0.3 is 14.7 Å². The van der Waals surface area contributed by atoms with E-state index in [1.807, 2.05) is 42.2 Å². The molecule has 0 fully saturated rings. The Morgan fingerprint density at radius 3 is 2.37 bits per heavy atom. The van der Waals surface area contributed by atoms with Crippen LogP contribution in [0.4, 0.5) is 11.4 Å². The van der Waals surface area contributed by atoms with E-state index >= 15 is 0 Å². The number of aliphatic hydroxyl groups is 1. The molecule has 1 unspecified atom stereocenters. The Hall–Kier alpha value is -4.03. The maximum atomic E-state index is 13.8. The van der Waals surface area contributed by atoms with E-state index in [0.29, 0.717) is 46.7 Å². The summed E-state index contributed by atoms with van der Waals surface area (Å²) in [5, 5.41) is 22.1. The van der Waals surface area contributed by atoms with Crippen LogP contribution in [0.25, 0.3) is 5.76 Å². The van der Waals surface area contributed by atoms with Crippen LogP contribution in [0.5, 0.6) is 5.75 Å². The fourth-order valence-corrected chi connectivity index (χ4v) is 6.17. The molecule has 212 valence electrons. The first-order valence-corrected chi connectivity index (χ1v) is 14.5. The lowest BCUT2D eigenvalue weighted by atomic mass is 9.73. The molecule has 3 aromatic rings. The van der Waals surface area contributed by atoms with Crippen molar-refractivity contribution in [3.8, 4) is 5.75 Å². The van der Waals surface area contributed by atoms with E-state index in [4.69, 9.17) is 16.3 Å². The highest BCUT2D eigenvalue weighted by atomic mass is 35.5. The van der Waals surface area contributed by atoms with Crippen LogP contribution in [0.1, 0.15) is 55.7 Å². The third-order valence-electron chi connectivity index (χ3n) is 8.21. The van der Waals surface area contributed by atoms with Crippen molar-refractivity contribution >= 4 is 40.4 Å². The first-order chi connectivity index (χ1) is 19.8. The highest BCUT2D eigenvalue weighted by Crippen LogP contribution is 2.49. The molecule has 2 N–H and O–H groups in total. The average Bonchev–Trinajstić information content (AvgIpc) is 2.99. The minimum absolute atomic E-state index is 0.0370. The molecule has 7 heteroatoms. The normalized spacial score (nSPS) is 18.4. The van der Waals surface area contributed by atoms with Crippen molar-refractivity contribution < 1.29 is 14.6 Å². The molecular weight excluding hydrogens is 534 g/mol. The number of ketones is 1. The largest absolute Gasteiger partial charge is 0.507 e. The summed E-state index contributed by atoms with van der Waals surface area (Å²) in [6, 6.07) is 20.9. The number of amidine groups is 1. The molecule has 0 spiro atoms. The van der Waals surface area contributed by atoms with Crippen LogP contribution >= 0.6 is 11.6 Å². The zero-order valence-corrected chi connectivity index (χ0v) is 24.8. The minimum Gasteiger partial charge on any atom is -0.507 e. The lowest BCUT2D eigenvalue weighted by Crippen LogP contribution is -2.42. The van der Waals surface area contributed by atoms with Gasteiger partial charge in [-0.3, -0.25) is 15.1 Å². The topological polar surface area (TPSA) is 76.9 Å². The number of benzene rings is 3. The predicted octanol–water partition coefficient (Wildman–Crippen LogP) is 8.06. The number of Topliss-reactive ketones (excluding diaryl/α,β-unsaturated/α-hetero) is 1. The molecule has 2 aliphatic rings. The minimum atomic E-state index is -0.589. The number of ether oxygens (including phenoxy) is 1. The number of hydrogen-bond donors (Lipinski definition) is 2. The first kappa shape index (κ1) is 28.5. The molecule has 41 heavy (non-hydrogen) atoms. The fourth-order valence-electron chi connectivity index (χ4n) is 6.00. The highest BCUT2D eigenvalue weighted by molar-refractivity contribution is 6.32. The number of carbonyl (C=O) groups excluding carboxylic acids is 1. The number of nitrogens with zero attached hydrogens (tertiary/aromatic N) is 2. The Labute approximate surface area is 247 Å². The maximum Gasteiger partial charge on any atom is 0.161 e. The molecule has 0 aromatic heterocycles. The zero-order chi connectivity index (χ0) is 29.3. The van der Waals surface area contributed by atoms with Crippen LogP contribution in [0.2, 0.25) is 5.02 Å². The van der Waals surface area contributed by atoms with Gasteiger partial charge in [-0.25, -0.2) is 0 Å². The summed E-state index contributed by atoms with van der Waals surface area (Å²) in [6.07, 6.45) is 1.79. The summed E-state index contributed by atoms with van der Waals surface area (Å²) in [5.41, 5.74) is 5.89. The molecule has 1 aliphatic carbocycles. The van der Waals surface area contributed by atoms with Gasteiger partial charge in [-0.1, -0.05) is 29.8 Å². The highest BCUT2D eigenvalue weighted by Gasteiger charge is 2.43. The molecule has 1 atom stereocenters. The van der Waals surface area contributed by atoms with Crippen LogP contribution in [-0.2, 0) is 4.79 Å². The molecule has 5 rings (SSSR count). The lowest BCUT2D eigenvalue weighted by Gasteiger charge is -2.42. The molecule has 1 heterocycles. The van der Waals surface area contributed by atoms with Crippen molar-refractivity contribution in [1.29, 1.82) is 5.41 Å². The predicted molar refractivity (Wildman–Crippen MR) is 168 cm³/mol. The second-order valence-electron chi connectivity index (χ2n) is 10.4. The van der Waals surface area contributed by atoms with E-state index in [2.05, 4.69) is 30.9 Å². The monoisotopic (exact) mass is 569 g/mol. The van der Waals surface area contributed by atoms with Crippen LogP contribution in [0.3, 0.4) is 0 Å². The van der Waals surface area contributed by atoms with Gasteiger partial charge in [-0.2, -0.15) is 0 Å². The van der Waals surface area contributed by atoms with Crippen LogP contribution < -0.4 is 14.5 Å². The van der Waals surface area contributed by atoms with Gasteiger partial charge in [-0.05, 0) is 93.3 Å². The van der Waals surface area contributed by atoms with Crippen LogP contribution in [0, 0.1) is 12.3 Å². The van der Waals surface area contributed by atoms with Crippen molar-refractivity contribution in [2.75, 3.05) is 30.0 Å². The van der Waals surface area contributed by atoms with E-state index in [0.717, 1.165) is 41.3 Å². The van der Waals surface area contributed by atoms with Gasteiger partial charge in [0.2, 0.25) is 0 Å². The van der Waals surface area contributed by atoms with E-state index in [9.17, 15) is 15.3 Å². The number of nitrogens with one attached hydrogen (secondary N) is 1. The van der Waals surface area contributed by atoms with Crippen LogP contribution in [0.15, 0.2) is 83.6 Å². The Kier molecular flexibility index (Phi) is 8.22. The Morgan fingerprint density at radius 1 is 1.05 bits per heavy atom. The lowest BCUT2D eigenvalue weighted by molar-refractivity contribution is -0.116. The third-order valence-corrected chi connectivity index (χ3v) is 8.62. The van der Waals surface area contributed by atoms with Crippen molar-refractivity contribution in [2.45, 2.75) is 46.0 Å². The van der Waals surface area contributed by atoms with Crippen molar-refractivity contribution in [2.24, 2.45) is 0 Å². The van der Waals surface area contributed by atoms with E-state index in [1.165, 1.54) is 0 Å². The fraction of sp³-hybridized carbons (Fsp3) is 0.294. The van der Waals surface area contributed by atoms with E-state index < -0.39 is 5.92 Å². The van der Waals surface area contributed by atoms with Crippen LogP contribution in [-0.4, -0.2) is 36.9 Å². The van der Waals surface area contributed by atoms with Crippen molar-refractivity contribution in [3.05, 3.63) is 105 Å². The number of anilines is 2. The van der Waals surface area contributed by atoms with Gasteiger partial charge in [0.15, 0.2) is 5.78 Å². The molecule has 0 bridgehead atoms. The number of rotatable bonds is 7. The number of aliphatic hydroxyl groups excluding tert-OH is 1. The maximum absolute atomic E-state index is 13.8. The molecule has 3 aromatic carbocycles. The third kappa shape index (κ3) is 5.13. The smallest absolute Gasteiger partial charge is 0.161 e. The SMILES string of the molecule is CCN(CC)c1ccc(C2C3=C(CCCC3=O)N(c3cccc(Cl)c3C)C(=N)/C2=C(/O)c2ccc(OC)cc2)cc1. The van der Waals surface area contributed by atoms with Gasteiger partial charge in [0.05, 0.1) is 12.8 Å². The standard InChI is InChI=1S/C34H36ClN3O3/c1-5-37(6-2)24-17-13-22(14-18-24)30-31-28(11-8-12-29(31)39)38(27-10-7-9-26(35)21(27)3)34(36)32(30)33(40)23-15-19-25(41-4)20-16-23/h7,9-10,13-20,30,36,40H,5-6,8,11-12H2,1-4H3/b33-32+,36-34?. The molecular formula is C34H36ClN3O3. The number of allylic oxidation sites excluding steroid dienone is 2. The average molecular weight is 570 g/mol. The summed E-state index contributed by atoms with van der Waals surface area (Å²) in [5.74, 6) is 0.215. The molecule has 0 saturated heterocycles. The van der Waals surface area contributed by atoms with Crippen molar-refractivity contribution in [1.82, 2.24) is 0 Å². The number of hydrogen-bond acceptors (Lipinski definition) is 5. The summed E-state index contributed by atoms with van der Waals surface area (Å²) in [4.78, 5) is 17.9. The molecule has 6 nitrogen and oxygen atoms in total. The van der Waals surface area contributed by atoms with E-state index in [1.54, 1.807) is 31.4 Å². The van der Waals surface area contributed by atoms with Gasteiger partial charge >= 0.3 is 0 Å². The molecule has 0 saturated carbocycles. The van der Waals surface area contributed by atoms with Gasteiger partial charge in [0, 0.05) is 58.5 Å². The Morgan fingerprint density at radius 2 is 1.73 bits per heavy atom. The Balaban J connectivity index is 1.79. The quantitative estimate of drug-likeness (QED) is 0.281.